The molecule has 0 saturated carbocycles. The highest BCUT2D eigenvalue weighted by Gasteiger charge is 2.06. The van der Waals surface area contributed by atoms with Crippen molar-refractivity contribution in [3.63, 3.8) is 0 Å². The Balaban J connectivity index is 2.71. The Hall–Kier alpha value is -1.90. The summed E-state index contributed by atoms with van der Waals surface area (Å²) in [5, 5.41) is 0. The second-order valence-electron chi connectivity index (χ2n) is 4.06. The number of rotatable bonds is 1. The lowest BCUT2D eigenvalue weighted by Crippen LogP contribution is -2.11. The van der Waals surface area contributed by atoms with Gasteiger partial charge in [0, 0.05) is 11.8 Å². The van der Waals surface area contributed by atoms with E-state index in [2.05, 4.69) is 28.2 Å². The van der Waals surface area contributed by atoms with E-state index < -0.39 is 0 Å². The largest absolute Gasteiger partial charge is 0.345 e. The summed E-state index contributed by atoms with van der Waals surface area (Å²) < 4.78 is 0. The van der Waals surface area contributed by atoms with Gasteiger partial charge in [0.25, 0.3) is 0 Å². The molecular formula is C13H14N2O. The first-order chi connectivity index (χ1) is 7.58. The number of aromatic nitrogens is 2. The summed E-state index contributed by atoms with van der Waals surface area (Å²) >= 11 is 0. The Morgan fingerprint density at radius 1 is 1.12 bits per heavy atom. The van der Waals surface area contributed by atoms with E-state index in [1.54, 1.807) is 6.20 Å². The number of hydrogen-bond acceptors (Lipinski definition) is 2. The third-order valence-corrected chi connectivity index (χ3v) is 2.66. The Morgan fingerprint density at radius 2 is 1.88 bits per heavy atom. The first-order valence-corrected chi connectivity index (χ1v) is 5.21. The van der Waals surface area contributed by atoms with E-state index in [1.807, 2.05) is 20.8 Å². The molecule has 0 aliphatic rings. The van der Waals surface area contributed by atoms with Gasteiger partial charge in [0.1, 0.15) is 0 Å². The molecule has 0 aliphatic heterocycles. The lowest BCUT2D eigenvalue weighted by atomic mass is 10.0. The zero-order chi connectivity index (χ0) is 11.7. The van der Waals surface area contributed by atoms with Gasteiger partial charge in [-0.2, -0.15) is 0 Å². The van der Waals surface area contributed by atoms with Crippen molar-refractivity contribution >= 4 is 0 Å². The van der Waals surface area contributed by atoms with E-state index in [-0.39, 0.29) is 5.69 Å². The second kappa shape index (κ2) is 3.93. The molecule has 82 valence electrons. The summed E-state index contributed by atoms with van der Waals surface area (Å²) in [5.41, 5.74) is 4.93. The lowest BCUT2D eigenvalue weighted by Gasteiger charge is -2.09. The van der Waals surface area contributed by atoms with Gasteiger partial charge in [-0.3, -0.25) is 0 Å². The van der Waals surface area contributed by atoms with Crippen molar-refractivity contribution in [2.75, 3.05) is 0 Å². The van der Waals surface area contributed by atoms with Crippen LogP contribution in [0.1, 0.15) is 16.7 Å². The summed E-state index contributed by atoms with van der Waals surface area (Å²) in [6.45, 7) is 6.02. The number of benzene rings is 1. The molecule has 2 rings (SSSR count). The van der Waals surface area contributed by atoms with Crippen molar-refractivity contribution in [2.24, 2.45) is 0 Å². The molecule has 1 aromatic carbocycles. The van der Waals surface area contributed by atoms with E-state index in [1.165, 1.54) is 5.56 Å². The topological polar surface area (TPSA) is 45.8 Å². The summed E-state index contributed by atoms with van der Waals surface area (Å²) in [4.78, 5) is 17.7. The van der Waals surface area contributed by atoms with E-state index in [0.29, 0.717) is 0 Å². The van der Waals surface area contributed by atoms with Gasteiger partial charge >= 0.3 is 5.69 Å². The first-order valence-electron chi connectivity index (χ1n) is 5.21. The zero-order valence-corrected chi connectivity index (χ0v) is 9.66. The number of aryl methyl sites for hydroxylation is 3. The van der Waals surface area contributed by atoms with Gasteiger partial charge in [0.05, 0.1) is 5.69 Å². The maximum atomic E-state index is 11.2. The molecule has 1 heterocycles. The summed E-state index contributed by atoms with van der Waals surface area (Å²) in [6.07, 6.45) is 1.61. The van der Waals surface area contributed by atoms with Crippen molar-refractivity contribution in [3.8, 4) is 11.3 Å². The number of aromatic amines is 1. The lowest BCUT2D eigenvalue weighted by molar-refractivity contribution is 1.05. The van der Waals surface area contributed by atoms with Crippen LogP contribution in [0.3, 0.4) is 0 Å². The van der Waals surface area contributed by atoms with Gasteiger partial charge in [0.2, 0.25) is 0 Å². The molecule has 0 aliphatic carbocycles. The van der Waals surface area contributed by atoms with Gasteiger partial charge in [0.15, 0.2) is 0 Å². The van der Waals surface area contributed by atoms with Crippen LogP contribution in [0.2, 0.25) is 0 Å². The molecule has 0 fully saturated rings. The van der Waals surface area contributed by atoms with Crippen molar-refractivity contribution in [1.82, 2.24) is 9.97 Å². The SMILES string of the molecule is Cc1ccc(C)c(-c2[nH]c(=O)ncc2C)c1. The minimum absolute atomic E-state index is 0.304. The molecule has 16 heavy (non-hydrogen) atoms. The van der Waals surface area contributed by atoms with E-state index in [0.717, 1.165) is 22.4 Å². The van der Waals surface area contributed by atoms with Gasteiger partial charge in [-0.15, -0.1) is 0 Å². The minimum Gasteiger partial charge on any atom is -0.305 e. The third-order valence-electron chi connectivity index (χ3n) is 2.66. The molecule has 0 radical (unpaired) electrons. The van der Waals surface area contributed by atoms with Crippen molar-refractivity contribution in [3.05, 3.63) is 51.6 Å². The van der Waals surface area contributed by atoms with Crippen LogP contribution in [-0.2, 0) is 0 Å². The number of nitrogens with one attached hydrogen (secondary N) is 1. The minimum atomic E-state index is -0.304. The molecule has 0 unspecified atom stereocenters. The van der Waals surface area contributed by atoms with E-state index in [9.17, 15) is 4.79 Å². The second-order valence-corrected chi connectivity index (χ2v) is 4.06. The Labute approximate surface area is 94.2 Å². The predicted molar refractivity (Wildman–Crippen MR) is 64.5 cm³/mol. The fourth-order valence-corrected chi connectivity index (χ4v) is 1.74. The predicted octanol–water partition coefficient (Wildman–Crippen LogP) is 2.36. The Kier molecular flexibility index (Phi) is 2.60. The van der Waals surface area contributed by atoms with Crippen molar-refractivity contribution < 1.29 is 0 Å². The monoisotopic (exact) mass is 214 g/mol. The fourth-order valence-electron chi connectivity index (χ4n) is 1.74. The molecule has 3 nitrogen and oxygen atoms in total. The molecule has 0 bridgehead atoms. The van der Waals surface area contributed by atoms with Crippen LogP contribution < -0.4 is 5.69 Å². The third kappa shape index (κ3) is 1.89. The number of H-pyrrole nitrogens is 1. The zero-order valence-electron chi connectivity index (χ0n) is 9.66. The van der Waals surface area contributed by atoms with Gasteiger partial charge in [-0.25, -0.2) is 9.78 Å². The van der Waals surface area contributed by atoms with Crippen LogP contribution in [0.15, 0.2) is 29.2 Å². The van der Waals surface area contributed by atoms with Crippen LogP contribution in [0.5, 0.6) is 0 Å². The summed E-state index contributed by atoms with van der Waals surface area (Å²) in [7, 11) is 0. The summed E-state index contributed by atoms with van der Waals surface area (Å²) in [6, 6.07) is 6.20. The fraction of sp³-hybridized carbons (Fsp3) is 0.231. The maximum absolute atomic E-state index is 11.2. The molecule has 1 N–H and O–H groups in total. The van der Waals surface area contributed by atoms with Gasteiger partial charge in [-0.1, -0.05) is 17.7 Å². The molecule has 0 amide bonds. The molecule has 3 heteroatoms. The molecule has 1 aromatic heterocycles. The Morgan fingerprint density at radius 3 is 2.62 bits per heavy atom. The van der Waals surface area contributed by atoms with E-state index in [4.69, 9.17) is 0 Å². The average Bonchev–Trinajstić information content (AvgIpc) is 2.25. The van der Waals surface area contributed by atoms with Crippen LogP contribution in [0, 0.1) is 20.8 Å². The van der Waals surface area contributed by atoms with Crippen LogP contribution in [0.4, 0.5) is 0 Å². The normalized spacial score (nSPS) is 10.4. The molecule has 2 aromatic rings. The van der Waals surface area contributed by atoms with Gasteiger partial charge in [-0.05, 0) is 38.0 Å². The maximum Gasteiger partial charge on any atom is 0.345 e. The highest BCUT2D eigenvalue weighted by molar-refractivity contribution is 5.66. The number of hydrogen-bond donors (Lipinski definition) is 1. The molecule has 0 saturated heterocycles. The quantitative estimate of drug-likeness (QED) is 0.792. The van der Waals surface area contributed by atoms with E-state index >= 15 is 0 Å². The average molecular weight is 214 g/mol. The highest BCUT2D eigenvalue weighted by atomic mass is 16.1. The first kappa shape index (κ1) is 10.6. The molecule has 0 spiro atoms. The van der Waals surface area contributed by atoms with Crippen molar-refractivity contribution in [1.29, 1.82) is 0 Å². The van der Waals surface area contributed by atoms with Crippen LogP contribution in [0.25, 0.3) is 11.3 Å². The number of nitrogens with zero attached hydrogens (tertiary/aromatic N) is 1. The molecule has 0 atom stereocenters. The summed E-state index contributed by atoms with van der Waals surface area (Å²) in [5.74, 6) is 0. The highest BCUT2D eigenvalue weighted by Crippen LogP contribution is 2.23. The van der Waals surface area contributed by atoms with Crippen molar-refractivity contribution in [2.45, 2.75) is 20.8 Å². The molecular weight excluding hydrogens is 200 g/mol. The van der Waals surface area contributed by atoms with Crippen LogP contribution in [-0.4, -0.2) is 9.97 Å². The smallest absolute Gasteiger partial charge is 0.305 e. The van der Waals surface area contributed by atoms with Gasteiger partial charge < -0.3 is 4.98 Å². The standard InChI is InChI=1S/C13H14N2O/c1-8-4-5-9(2)11(6-8)12-10(3)7-14-13(16)15-12/h4-7H,1-3H3,(H,14,15,16). The Bertz CT molecular complexity index is 585. The van der Waals surface area contributed by atoms with Crippen LogP contribution >= 0.6 is 0 Å².